The molecule has 0 radical (unpaired) electrons. The van der Waals surface area contributed by atoms with Crippen LogP contribution in [0.15, 0.2) is 30.5 Å². The number of carbonyl (C=O) groups excluding carboxylic acids is 2. The highest BCUT2D eigenvalue weighted by molar-refractivity contribution is 5.90. The Hall–Kier alpha value is -3.44. The molecule has 2 aromatic rings. The van der Waals surface area contributed by atoms with Crippen LogP contribution in [0.3, 0.4) is 0 Å². The molecule has 0 unspecified atom stereocenters. The molecular formula is C16H16F3N5O4. The molecule has 150 valence electrons. The number of rotatable bonds is 7. The van der Waals surface area contributed by atoms with E-state index in [4.69, 9.17) is 5.11 Å². The number of aromatic carboxylic acids is 1. The number of halogens is 3. The Balaban J connectivity index is 2.02. The summed E-state index contributed by atoms with van der Waals surface area (Å²) in [6, 6.07) is 6.01. The van der Waals surface area contributed by atoms with Crippen molar-refractivity contribution in [2.24, 2.45) is 0 Å². The number of amides is 2. The molecule has 0 atom stereocenters. The molecule has 0 saturated heterocycles. The topological polar surface area (TPSA) is 117 Å². The maximum atomic E-state index is 12.6. The lowest BCUT2D eigenvalue weighted by Gasteiger charge is -2.22. The van der Waals surface area contributed by atoms with E-state index in [0.29, 0.717) is 16.2 Å². The fourth-order valence-electron chi connectivity index (χ4n) is 2.30. The number of hydrogen-bond acceptors (Lipinski definition) is 5. The maximum absolute atomic E-state index is 12.6. The Morgan fingerprint density at radius 2 is 2.00 bits per heavy atom. The van der Waals surface area contributed by atoms with Gasteiger partial charge in [-0.05, 0) is 24.6 Å². The van der Waals surface area contributed by atoms with Gasteiger partial charge in [0, 0.05) is 18.8 Å². The van der Waals surface area contributed by atoms with Gasteiger partial charge in [-0.15, -0.1) is 5.10 Å². The van der Waals surface area contributed by atoms with Crippen LogP contribution in [0.1, 0.15) is 23.0 Å². The minimum absolute atomic E-state index is 0.132. The van der Waals surface area contributed by atoms with Crippen molar-refractivity contribution in [1.29, 1.82) is 0 Å². The Labute approximate surface area is 156 Å². The second kappa shape index (κ2) is 8.50. The van der Waals surface area contributed by atoms with Crippen molar-refractivity contribution in [2.75, 3.05) is 11.9 Å². The van der Waals surface area contributed by atoms with Crippen LogP contribution in [0, 0.1) is 0 Å². The van der Waals surface area contributed by atoms with Gasteiger partial charge in [-0.25, -0.2) is 9.48 Å². The van der Waals surface area contributed by atoms with E-state index in [-0.39, 0.29) is 25.3 Å². The predicted molar refractivity (Wildman–Crippen MR) is 89.2 cm³/mol. The summed E-state index contributed by atoms with van der Waals surface area (Å²) in [6.07, 6.45) is -3.88. The summed E-state index contributed by atoms with van der Waals surface area (Å²) in [7, 11) is 0. The SMILES string of the molecule is CCN(Cc1cccc(NC(=O)Cn2cc(C(=O)O)nn2)c1)C(=O)C(F)(F)F. The van der Waals surface area contributed by atoms with Crippen molar-refractivity contribution >= 4 is 23.5 Å². The number of nitrogens with zero attached hydrogens (tertiary/aromatic N) is 4. The zero-order valence-corrected chi connectivity index (χ0v) is 14.6. The Morgan fingerprint density at radius 1 is 1.29 bits per heavy atom. The number of carboxylic acids is 1. The van der Waals surface area contributed by atoms with Crippen LogP contribution in [-0.4, -0.2) is 55.5 Å². The molecule has 0 bridgehead atoms. The third kappa shape index (κ3) is 5.53. The Bertz CT molecular complexity index is 881. The Morgan fingerprint density at radius 3 is 2.57 bits per heavy atom. The first kappa shape index (κ1) is 20.9. The lowest BCUT2D eigenvalue weighted by Crippen LogP contribution is -2.40. The van der Waals surface area contributed by atoms with Crippen molar-refractivity contribution in [1.82, 2.24) is 19.9 Å². The molecule has 0 spiro atoms. The van der Waals surface area contributed by atoms with E-state index in [1.54, 1.807) is 0 Å². The van der Waals surface area contributed by atoms with Gasteiger partial charge in [-0.1, -0.05) is 17.3 Å². The number of alkyl halides is 3. The smallest absolute Gasteiger partial charge is 0.471 e. The van der Waals surface area contributed by atoms with Gasteiger partial charge in [-0.3, -0.25) is 9.59 Å². The van der Waals surface area contributed by atoms with Gasteiger partial charge in [0.25, 0.3) is 0 Å². The fraction of sp³-hybridized carbons (Fsp3) is 0.312. The van der Waals surface area contributed by atoms with E-state index in [9.17, 15) is 27.6 Å². The molecule has 0 aliphatic rings. The summed E-state index contributed by atoms with van der Waals surface area (Å²) in [6.45, 7) is 0.716. The van der Waals surface area contributed by atoms with Crippen molar-refractivity contribution in [2.45, 2.75) is 26.2 Å². The monoisotopic (exact) mass is 399 g/mol. The van der Waals surface area contributed by atoms with E-state index in [2.05, 4.69) is 15.6 Å². The summed E-state index contributed by atoms with van der Waals surface area (Å²) >= 11 is 0. The van der Waals surface area contributed by atoms with E-state index in [1.807, 2.05) is 0 Å². The minimum Gasteiger partial charge on any atom is -0.476 e. The molecule has 0 saturated carbocycles. The molecule has 2 amide bonds. The summed E-state index contributed by atoms with van der Waals surface area (Å²) in [5, 5.41) is 18.2. The van der Waals surface area contributed by atoms with Gasteiger partial charge in [0.15, 0.2) is 5.69 Å². The number of carbonyl (C=O) groups is 3. The summed E-state index contributed by atoms with van der Waals surface area (Å²) in [4.78, 5) is 34.8. The van der Waals surface area contributed by atoms with Crippen LogP contribution < -0.4 is 5.32 Å². The maximum Gasteiger partial charge on any atom is 0.471 e. The number of anilines is 1. The van der Waals surface area contributed by atoms with Crippen molar-refractivity contribution in [3.8, 4) is 0 Å². The van der Waals surface area contributed by atoms with Crippen molar-refractivity contribution < 1.29 is 32.7 Å². The molecule has 1 aromatic heterocycles. The quantitative estimate of drug-likeness (QED) is 0.729. The van der Waals surface area contributed by atoms with Gasteiger partial charge in [-0.2, -0.15) is 13.2 Å². The summed E-state index contributed by atoms with van der Waals surface area (Å²) < 4.78 is 38.8. The van der Waals surface area contributed by atoms with E-state index < -0.39 is 24.0 Å². The van der Waals surface area contributed by atoms with Gasteiger partial charge >= 0.3 is 18.1 Å². The zero-order chi connectivity index (χ0) is 20.9. The number of benzene rings is 1. The highest BCUT2D eigenvalue weighted by Crippen LogP contribution is 2.20. The highest BCUT2D eigenvalue weighted by atomic mass is 19.4. The fourth-order valence-corrected chi connectivity index (χ4v) is 2.30. The van der Waals surface area contributed by atoms with Gasteiger partial charge in [0.05, 0.1) is 6.20 Å². The van der Waals surface area contributed by atoms with E-state index in [0.717, 1.165) is 10.9 Å². The number of aromatic nitrogens is 3. The zero-order valence-electron chi connectivity index (χ0n) is 14.6. The van der Waals surface area contributed by atoms with E-state index >= 15 is 0 Å². The van der Waals surface area contributed by atoms with Crippen molar-refractivity contribution in [3.63, 3.8) is 0 Å². The van der Waals surface area contributed by atoms with Crippen LogP contribution in [0.4, 0.5) is 18.9 Å². The molecule has 0 fully saturated rings. The highest BCUT2D eigenvalue weighted by Gasteiger charge is 2.41. The lowest BCUT2D eigenvalue weighted by molar-refractivity contribution is -0.185. The van der Waals surface area contributed by atoms with Crippen LogP contribution in [-0.2, 0) is 22.7 Å². The predicted octanol–water partition coefficient (Wildman–Crippen LogP) is 1.53. The van der Waals surface area contributed by atoms with Crippen LogP contribution in [0.2, 0.25) is 0 Å². The minimum atomic E-state index is -4.96. The van der Waals surface area contributed by atoms with Crippen molar-refractivity contribution in [3.05, 3.63) is 41.7 Å². The molecule has 2 rings (SSSR count). The number of hydrogen-bond donors (Lipinski definition) is 2. The second-order valence-corrected chi connectivity index (χ2v) is 5.67. The van der Waals surface area contributed by atoms with Crippen LogP contribution in [0.5, 0.6) is 0 Å². The molecular weight excluding hydrogens is 383 g/mol. The first-order chi connectivity index (χ1) is 13.1. The molecule has 12 heteroatoms. The van der Waals surface area contributed by atoms with Gasteiger partial charge in [0.2, 0.25) is 5.91 Å². The van der Waals surface area contributed by atoms with Crippen LogP contribution >= 0.6 is 0 Å². The van der Waals surface area contributed by atoms with Gasteiger partial charge in [0.1, 0.15) is 6.54 Å². The molecule has 9 nitrogen and oxygen atoms in total. The van der Waals surface area contributed by atoms with Crippen LogP contribution in [0.25, 0.3) is 0 Å². The third-order valence-corrected chi connectivity index (χ3v) is 3.56. The standard InChI is InChI=1S/C16H16F3N5O4/c1-2-23(15(28)16(17,18)19)7-10-4-3-5-11(6-10)20-13(25)9-24-8-12(14(26)27)21-22-24/h3-6,8H,2,7,9H2,1H3,(H,20,25)(H,26,27). The Kier molecular flexibility index (Phi) is 6.33. The summed E-state index contributed by atoms with van der Waals surface area (Å²) in [5.74, 6) is -3.77. The van der Waals surface area contributed by atoms with E-state index in [1.165, 1.54) is 31.2 Å². The number of carboxylic acid groups (broad SMARTS) is 1. The average Bonchev–Trinajstić information content (AvgIpc) is 3.07. The first-order valence-corrected chi connectivity index (χ1v) is 7.98. The molecule has 1 aromatic carbocycles. The third-order valence-electron chi connectivity index (χ3n) is 3.56. The molecule has 2 N–H and O–H groups in total. The molecule has 1 heterocycles. The normalized spacial score (nSPS) is 11.1. The lowest BCUT2D eigenvalue weighted by atomic mass is 10.2. The molecule has 0 aliphatic carbocycles. The largest absolute Gasteiger partial charge is 0.476 e. The summed E-state index contributed by atoms with van der Waals surface area (Å²) in [5.41, 5.74) is 0.381. The first-order valence-electron chi connectivity index (χ1n) is 7.98. The van der Waals surface area contributed by atoms with Gasteiger partial charge < -0.3 is 15.3 Å². The molecule has 0 aliphatic heterocycles. The number of nitrogens with one attached hydrogen (secondary N) is 1. The molecule has 28 heavy (non-hydrogen) atoms. The average molecular weight is 399 g/mol. The second-order valence-electron chi connectivity index (χ2n) is 5.67.